The molecule has 2 unspecified atom stereocenters. The van der Waals surface area contributed by atoms with Crippen LogP contribution in [0.15, 0.2) is 47.6 Å². The fraction of sp³-hybridized carbons (Fsp3) is 0.455. The van der Waals surface area contributed by atoms with Gasteiger partial charge in [0, 0.05) is 45.6 Å². The van der Waals surface area contributed by atoms with Crippen molar-refractivity contribution in [2.75, 3.05) is 33.4 Å². The molecule has 1 aromatic carbocycles. The number of pyridine rings is 1. The number of aliphatic imine (C=N–C) groups is 1. The molecule has 30 heavy (non-hydrogen) atoms. The second-order valence-electron chi connectivity index (χ2n) is 7.37. The Kier molecular flexibility index (Phi) is 6.76. The summed E-state index contributed by atoms with van der Waals surface area (Å²) in [4.78, 5) is 11.0. The first kappa shape index (κ1) is 20.6. The third kappa shape index (κ3) is 5.25. The lowest BCUT2D eigenvalue weighted by Gasteiger charge is -2.37. The molecule has 3 heterocycles. The number of morpholine rings is 1. The van der Waals surface area contributed by atoms with Crippen molar-refractivity contribution in [1.29, 1.82) is 0 Å². The Morgan fingerprint density at radius 3 is 2.73 bits per heavy atom. The van der Waals surface area contributed by atoms with Crippen molar-refractivity contribution in [2.24, 2.45) is 4.99 Å². The first-order chi connectivity index (χ1) is 14.7. The highest BCUT2D eigenvalue weighted by Gasteiger charge is 2.32. The van der Waals surface area contributed by atoms with Gasteiger partial charge in [0.2, 0.25) is 5.88 Å². The summed E-state index contributed by atoms with van der Waals surface area (Å²) in [6.45, 7) is 3.66. The quantitative estimate of drug-likeness (QED) is 0.599. The highest BCUT2D eigenvalue weighted by atomic mass is 19.1. The number of nitrogens with one attached hydrogen (secondary N) is 1. The predicted molar refractivity (Wildman–Crippen MR) is 111 cm³/mol. The molecule has 7 nitrogen and oxygen atoms in total. The van der Waals surface area contributed by atoms with E-state index >= 15 is 0 Å². The first-order valence-electron chi connectivity index (χ1n) is 10.3. The van der Waals surface area contributed by atoms with E-state index in [2.05, 4.69) is 20.2 Å². The maximum absolute atomic E-state index is 13.0. The molecule has 2 aliphatic heterocycles. The average Bonchev–Trinajstić information content (AvgIpc) is 3.32. The van der Waals surface area contributed by atoms with Crippen LogP contribution in [0.1, 0.15) is 18.4 Å². The van der Waals surface area contributed by atoms with Gasteiger partial charge in [-0.25, -0.2) is 9.37 Å². The van der Waals surface area contributed by atoms with Crippen molar-refractivity contribution in [3.05, 3.63) is 54.0 Å². The summed E-state index contributed by atoms with van der Waals surface area (Å²) in [5.41, 5.74) is 1.01. The number of aromatic nitrogens is 1. The van der Waals surface area contributed by atoms with Gasteiger partial charge in [-0.05, 0) is 42.7 Å². The molecule has 0 spiro atoms. The lowest BCUT2D eigenvalue weighted by molar-refractivity contribution is -0.0817. The Morgan fingerprint density at radius 1 is 1.20 bits per heavy atom. The van der Waals surface area contributed by atoms with Crippen LogP contribution in [-0.2, 0) is 16.0 Å². The first-order valence-corrected chi connectivity index (χ1v) is 10.3. The molecule has 8 heteroatoms. The lowest BCUT2D eigenvalue weighted by Crippen LogP contribution is -2.53. The number of ether oxygens (including phenoxy) is 3. The van der Waals surface area contributed by atoms with Gasteiger partial charge >= 0.3 is 0 Å². The van der Waals surface area contributed by atoms with Gasteiger partial charge in [-0.15, -0.1) is 0 Å². The van der Waals surface area contributed by atoms with E-state index in [1.807, 2.05) is 6.07 Å². The van der Waals surface area contributed by atoms with Gasteiger partial charge in [-0.3, -0.25) is 4.99 Å². The maximum atomic E-state index is 13.0. The van der Waals surface area contributed by atoms with Gasteiger partial charge in [-0.2, -0.15) is 0 Å². The van der Waals surface area contributed by atoms with Crippen molar-refractivity contribution in [1.82, 2.24) is 15.2 Å². The number of hydrogen-bond acceptors (Lipinski definition) is 5. The maximum Gasteiger partial charge on any atom is 0.219 e. The van der Waals surface area contributed by atoms with E-state index in [-0.39, 0.29) is 18.0 Å². The Bertz CT molecular complexity index is 838. The molecule has 0 radical (unpaired) electrons. The summed E-state index contributed by atoms with van der Waals surface area (Å²) >= 11 is 0. The molecular weight excluding hydrogens is 387 g/mol. The van der Waals surface area contributed by atoms with Crippen LogP contribution in [0.4, 0.5) is 4.39 Å². The number of nitrogens with zero attached hydrogens (tertiary/aromatic N) is 3. The number of benzene rings is 1. The molecule has 4 rings (SSSR count). The molecule has 1 N–H and O–H groups in total. The third-order valence-corrected chi connectivity index (χ3v) is 5.27. The highest BCUT2D eigenvalue weighted by Crippen LogP contribution is 2.21. The van der Waals surface area contributed by atoms with Crippen LogP contribution in [0.3, 0.4) is 0 Å². The average molecular weight is 414 g/mol. The van der Waals surface area contributed by atoms with Crippen molar-refractivity contribution in [3.63, 3.8) is 0 Å². The summed E-state index contributed by atoms with van der Waals surface area (Å²) in [6, 6.07) is 9.60. The van der Waals surface area contributed by atoms with Crippen LogP contribution < -0.4 is 10.1 Å². The van der Waals surface area contributed by atoms with Crippen LogP contribution in [-0.4, -0.2) is 61.4 Å². The SMILES string of the molecule is CN=C(NCc1ccc(Oc2ccc(F)cc2)nc1)N1CCOC(C2CCCO2)C1. The summed E-state index contributed by atoms with van der Waals surface area (Å²) in [5, 5.41) is 3.40. The third-order valence-electron chi connectivity index (χ3n) is 5.27. The largest absolute Gasteiger partial charge is 0.439 e. The Morgan fingerprint density at radius 2 is 2.03 bits per heavy atom. The van der Waals surface area contributed by atoms with Crippen molar-refractivity contribution >= 4 is 5.96 Å². The Hall–Kier alpha value is -2.71. The molecule has 2 atom stereocenters. The van der Waals surface area contributed by atoms with Gasteiger partial charge in [0.1, 0.15) is 17.7 Å². The molecule has 0 amide bonds. The van der Waals surface area contributed by atoms with Crippen molar-refractivity contribution in [2.45, 2.75) is 31.6 Å². The molecule has 2 aliphatic rings. The summed E-state index contributed by atoms with van der Waals surface area (Å²) in [5.74, 6) is 1.55. The zero-order valence-corrected chi connectivity index (χ0v) is 17.1. The second-order valence-corrected chi connectivity index (χ2v) is 7.37. The monoisotopic (exact) mass is 414 g/mol. The fourth-order valence-electron chi connectivity index (χ4n) is 3.70. The van der Waals surface area contributed by atoms with Gasteiger partial charge in [-0.1, -0.05) is 6.07 Å². The molecule has 160 valence electrons. The molecule has 2 saturated heterocycles. The zero-order valence-electron chi connectivity index (χ0n) is 17.1. The topological polar surface area (TPSA) is 68.2 Å². The van der Waals surface area contributed by atoms with Crippen LogP contribution in [0.2, 0.25) is 0 Å². The minimum atomic E-state index is -0.299. The number of guanidine groups is 1. The number of rotatable bonds is 5. The normalized spacial score (nSPS) is 22.2. The van der Waals surface area contributed by atoms with Gasteiger partial charge in [0.15, 0.2) is 5.96 Å². The van der Waals surface area contributed by atoms with E-state index in [0.29, 0.717) is 24.8 Å². The highest BCUT2D eigenvalue weighted by molar-refractivity contribution is 5.80. The Labute approximate surface area is 175 Å². The van der Waals surface area contributed by atoms with E-state index in [4.69, 9.17) is 14.2 Å². The van der Waals surface area contributed by atoms with E-state index in [1.165, 1.54) is 12.1 Å². The minimum Gasteiger partial charge on any atom is -0.439 e. The predicted octanol–water partition coefficient (Wildman–Crippen LogP) is 2.97. The lowest BCUT2D eigenvalue weighted by atomic mass is 10.1. The molecule has 2 fully saturated rings. The second kappa shape index (κ2) is 9.86. The number of hydrogen-bond donors (Lipinski definition) is 1. The van der Waals surface area contributed by atoms with Crippen molar-refractivity contribution in [3.8, 4) is 11.6 Å². The molecule has 0 bridgehead atoms. The van der Waals surface area contributed by atoms with Crippen LogP contribution >= 0.6 is 0 Å². The molecule has 0 aliphatic carbocycles. The van der Waals surface area contributed by atoms with Crippen LogP contribution in [0.25, 0.3) is 0 Å². The van der Waals surface area contributed by atoms with Gasteiger partial charge in [0.25, 0.3) is 0 Å². The summed E-state index contributed by atoms with van der Waals surface area (Å²) in [7, 11) is 1.79. The fourth-order valence-corrected chi connectivity index (χ4v) is 3.70. The van der Waals surface area contributed by atoms with Gasteiger partial charge < -0.3 is 24.4 Å². The van der Waals surface area contributed by atoms with E-state index in [9.17, 15) is 4.39 Å². The molecule has 0 saturated carbocycles. The smallest absolute Gasteiger partial charge is 0.219 e. The minimum absolute atomic E-state index is 0.0874. The summed E-state index contributed by atoms with van der Waals surface area (Å²) in [6.07, 6.45) is 4.19. The van der Waals surface area contributed by atoms with Crippen LogP contribution in [0.5, 0.6) is 11.6 Å². The Balaban J connectivity index is 1.29. The van der Waals surface area contributed by atoms with E-state index in [0.717, 1.165) is 44.1 Å². The molecule has 2 aromatic rings. The van der Waals surface area contributed by atoms with E-state index < -0.39 is 0 Å². The molecular formula is C22H27FN4O3. The van der Waals surface area contributed by atoms with Crippen LogP contribution in [0, 0.1) is 5.82 Å². The standard InChI is InChI=1S/C22H27FN4O3/c1-24-22(27-10-12-29-20(15-27)19-3-2-11-28-19)26-14-16-4-9-21(25-13-16)30-18-7-5-17(23)6-8-18/h4-9,13,19-20H,2-3,10-12,14-15H2,1H3,(H,24,26). The van der Waals surface area contributed by atoms with Crippen molar-refractivity contribution < 1.29 is 18.6 Å². The van der Waals surface area contributed by atoms with Gasteiger partial charge in [0.05, 0.1) is 12.7 Å². The number of halogens is 1. The zero-order chi connectivity index (χ0) is 20.8. The molecule has 1 aromatic heterocycles. The van der Waals surface area contributed by atoms with E-state index in [1.54, 1.807) is 31.4 Å². The summed E-state index contributed by atoms with van der Waals surface area (Å²) < 4.78 is 30.3.